The van der Waals surface area contributed by atoms with Gasteiger partial charge in [-0.05, 0) is 25.8 Å². The zero-order chi connectivity index (χ0) is 18.7. The van der Waals surface area contributed by atoms with E-state index in [1.807, 2.05) is 22.7 Å². The van der Waals surface area contributed by atoms with Gasteiger partial charge in [-0.3, -0.25) is 9.48 Å². The molecule has 2 aliphatic heterocycles. The topological polar surface area (TPSA) is 56.6 Å². The van der Waals surface area contributed by atoms with Gasteiger partial charge in [0.15, 0.2) is 0 Å². The highest BCUT2D eigenvalue weighted by atomic mass is 32.1. The molecule has 6 nitrogen and oxygen atoms in total. The van der Waals surface area contributed by atoms with Crippen molar-refractivity contribution < 1.29 is 14.3 Å². The van der Waals surface area contributed by atoms with Crippen LogP contribution in [0.4, 0.5) is 0 Å². The SMILES string of the molecule is CC(C)c1nn(C)c2sc(C(=O)N3CC(C)(C)OC4(CCOC4)C3)cc12. The Morgan fingerprint density at radius 1 is 1.35 bits per heavy atom. The van der Waals surface area contributed by atoms with Crippen LogP contribution in [0.15, 0.2) is 6.07 Å². The number of thiophene rings is 1. The number of fused-ring (bicyclic) bond motifs is 1. The lowest BCUT2D eigenvalue weighted by atomic mass is 9.94. The highest BCUT2D eigenvalue weighted by molar-refractivity contribution is 7.20. The summed E-state index contributed by atoms with van der Waals surface area (Å²) >= 11 is 1.53. The molecule has 1 atom stereocenters. The Morgan fingerprint density at radius 2 is 2.12 bits per heavy atom. The molecule has 142 valence electrons. The second-order valence-electron chi connectivity index (χ2n) is 8.50. The second-order valence-corrected chi connectivity index (χ2v) is 9.53. The molecule has 26 heavy (non-hydrogen) atoms. The van der Waals surface area contributed by atoms with Crippen LogP contribution in [0.25, 0.3) is 10.2 Å². The van der Waals surface area contributed by atoms with Gasteiger partial charge >= 0.3 is 0 Å². The van der Waals surface area contributed by atoms with Crippen molar-refractivity contribution in [1.82, 2.24) is 14.7 Å². The summed E-state index contributed by atoms with van der Waals surface area (Å²) in [4.78, 5) is 17.1. The number of aromatic nitrogens is 2. The molecule has 2 aliphatic rings. The maximum Gasteiger partial charge on any atom is 0.264 e. The van der Waals surface area contributed by atoms with Gasteiger partial charge in [0.1, 0.15) is 10.4 Å². The number of aryl methyl sites for hydroxylation is 1. The van der Waals surface area contributed by atoms with E-state index >= 15 is 0 Å². The van der Waals surface area contributed by atoms with Crippen LogP contribution in [0.1, 0.15) is 55.4 Å². The zero-order valence-electron chi connectivity index (χ0n) is 16.2. The van der Waals surface area contributed by atoms with Crippen LogP contribution in [-0.4, -0.2) is 58.1 Å². The summed E-state index contributed by atoms with van der Waals surface area (Å²) in [7, 11) is 1.95. The van der Waals surface area contributed by atoms with Gasteiger partial charge in [0.25, 0.3) is 5.91 Å². The Bertz CT molecular complexity index is 846. The molecule has 2 aromatic rings. The highest BCUT2D eigenvalue weighted by Gasteiger charge is 2.48. The van der Waals surface area contributed by atoms with Gasteiger partial charge in [0, 0.05) is 32.0 Å². The predicted octanol–water partition coefficient (Wildman–Crippen LogP) is 3.17. The highest BCUT2D eigenvalue weighted by Crippen LogP contribution is 2.37. The summed E-state index contributed by atoms with van der Waals surface area (Å²) in [5.41, 5.74) is 0.322. The first-order chi connectivity index (χ1) is 12.2. The summed E-state index contributed by atoms with van der Waals surface area (Å²) in [5.74, 6) is 0.418. The van der Waals surface area contributed by atoms with Gasteiger partial charge in [-0.2, -0.15) is 5.10 Å². The Kier molecular flexibility index (Phi) is 4.17. The van der Waals surface area contributed by atoms with E-state index in [9.17, 15) is 4.79 Å². The third kappa shape index (κ3) is 2.96. The average molecular weight is 378 g/mol. The maximum atomic E-state index is 13.3. The van der Waals surface area contributed by atoms with Crippen molar-refractivity contribution in [3.8, 4) is 0 Å². The van der Waals surface area contributed by atoms with E-state index in [0.717, 1.165) is 27.2 Å². The number of hydrogen-bond donors (Lipinski definition) is 0. The minimum absolute atomic E-state index is 0.0866. The maximum absolute atomic E-state index is 13.3. The predicted molar refractivity (Wildman–Crippen MR) is 102 cm³/mol. The third-order valence-electron chi connectivity index (χ3n) is 5.20. The molecule has 2 fully saturated rings. The molecule has 0 aromatic carbocycles. The standard InChI is InChI=1S/C19H27N3O3S/c1-12(2)15-13-8-14(26-17(13)21(5)20-15)16(23)22-9-18(3,4)25-19(10-22)6-7-24-11-19/h8,12H,6-7,9-11H2,1-5H3. The van der Waals surface area contributed by atoms with Crippen LogP contribution in [-0.2, 0) is 16.5 Å². The van der Waals surface area contributed by atoms with Crippen molar-refractivity contribution in [3.63, 3.8) is 0 Å². The molecule has 0 bridgehead atoms. The number of ether oxygens (including phenoxy) is 2. The lowest BCUT2D eigenvalue weighted by molar-refractivity contribution is -0.186. The Balaban J connectivity index is 1.66. The molecule has 1 unspecified atom stereocenters. The molecule has 4 rings (SSSR count). The Labute approximate surface area is 158 Å². The molecular formula is C19H27N3O3S. The Hall–Kier alpha value is -1.44. The van der Waals surface area contributed by atoms with Crippen LogP contribution in [0.3, 0.4) is 0 Å². The fourth-order valence-electron chi connectivity index (χ4n) is 4.21. The molecule has 2 saturated heterocycles. The number of carbonyl (C=O) groups excluding carboxylic acids is 1. The van der Waals surface area contributed by atoms with Crippen LogP contribution in [0, 0.1) is 0 Å². The number of morpholine rings is 1. The first kappa shape index (κ1) is 17.9. The molecule has 7 heteroatoms. The van der Waals surface area contributed by atoms with Gasteiger partial charge in [0.05, 0.1) is 29.3 Å². The van der Waals surface area contributed by atoms with Crippen LogP contribution < -0.4 is 0 Å². The van der Waals surface area contributed by atoms with Gasteiger partial charge in [-0.15, -0.1) is 11.3 Å². The van der Waals surface area contributed by atoms with Crippen molar-refractivity contribution in [3.05, 3.63) is 16.6 Å². The first-order valence-electron chi connectivity index (χ1n) is 9.23. The smallest absolute Gasteiger partial charge is 0.264 e. The van der Waals surface area contributed by atoms with Crippen molar-refractivity contribution in [1.29, 1.82) is 0 Å². The zero-order valence-corrected chi connectivity index (χ0v) is 17.0. The van der Waals surface area contributed by atoms with Gasteiger partial charge in [-0.1, -0.05) is 13.8 Å². The second kappa shape index (κ2) is 6.04. The van der Waals surface area contributed by atoms with Crippen molar-refractivity contribution >= 4 is 27.5 Å². The van der Waals surface area contributed by atoms with Gasteiger partial charge < -0.3 is 14.4 Å². The largest absolute Gasteiger partial charge is 0.378 e. The van der Waals surface area contributed by atoms with Crippen LogP contribution in [0.2, 0.25) is 0 Å². The number of amides is 1. The molecule has 1 spiro atoms. The fraction of sp³-hybridized carbons (Fsp3) is 0.684. The van der Waals surface area contributed by atoms with E-state index in [2.05, 4.69) is 32.8 Å². The van der Waals surface area contributed by atoms with Gasteiger partial charge in [0.2, 0.25) is 0 Å². The Morgan fingerprint density at radius 3 is 2.77 bits per heavy atom. The number of carbonyl (C=O) groups is 1. The lowest BCUT2D eigenvalue weighted by Crippen LogP contribution is -2.61. The summed E-state index contributed by atoms with van der Waals surface area (Å²) in [6.45, 7) is 10.8. The quantitative estimate of drug-likeness (QED) is 0.807. The number of nitrogens with zero attached hydrogens (tertiary/aromatic N) is 3. The summed E-state index contributed by atoms with van der Waals surface area (Å²) in [6.07, 6.45) is 0.841. The molecule has 0 radical (unpaired) electrons. The minimum Gasteiger partial charge on any atom is -0.378 e. The summed E-state index contributed by atoms with van der Waals surface area (Å²) in [5, 5.41) is 5.71. The molecule has 4 heterocycles. The average Bonchev–Trinajstić information content (AvgIpc) is 3.22. The van der Waals surface area contributed by atoms with Crippen LogP contribution in [0.5, 0.6) is 0 Å². The molecule has 2 aromatic heterocycles. The molecule has 0 N–H and O–H groups in total. The summed E-state index contributed by atoms with van der Waals surface area (Å²) < 4.78 is 13.8. The lowest BCUT2D eigenvalue weighted by Gasteiger charge is -2.47. The van der Waals surface area contributed by atoms with Crippen LogP contribution >= 0.6 is 11.3 Å². The van der Waals surface area contributed by atoms with E-state index in [1.165, 1.54) is 11.3 Å². The number of hydrogen-bond acceptors (Lipinski definition) is 5. The first-order valence-corrected chi connectivity index (χ1v) is 10.0. The van der Waals surface area contributed by atoms with E-state index in [-0.39, 0.29) is 17.1 Å². The third-order valence-corrected chi connectivity index (χ3v) is 6.39. The van der Waals surface area contributed by atoms with Gasteiger partial charge in [-0.25, -0.2) is 0 Å². The monoisotopic (exact) mass is 377 g/mol. The van der Waals surface area contributed by atoms with Crippen molar-refractivity contribution in [2.45, 2.75) is 51.2 Å². The van der Waals surface area contributed by atoms with E-state index in [0.29, 0.717) is 32.2 Å². The van der Waals surface area contributed by atoms with E-state index < -0.39 is 0 Å². The van der Waals surface area contributed by atoms with Crippen molar-refractivity contribution in [2.24, 2.45) is 7.05 Å². The molecule has 1 amide bonds. The molecule has 0 aliphatic carbocycles. The van der Waals surface area contributed by atoms with Crippen molar-refractivity contribution in [2.75, 3.05) is 26.3 Å². The number of rotatable bonds is 2. The molecular weight excluding hydrogens is 350 g/mol. The fourth-order valence-corrected chi connectivity index (χ4v) is 5.25. The van der Waals surface area contributed by atoms with E-state index in [1.54, 1.807) is 0 Å². The summed E-state index contributed by atoms with van der Waals surface area (Å²) in [6, 6.07) is 2.02. The minimum atomic E-state index is -0.372. The normalized spacial score (nSPS) is 25.7. The molecule has 0 saturated carbocycles. The van der Waals surface area contributed by atoms with E-state index in [4.69, 9.17) is 9.47 Å².